The molecule has 2 aromatic carbocycles. The quantitative estimate of drug-likeness (QED) is 0.513. The second kappa shape index (κ2) is 9.36. The number of rotatable bonds is 6. The molecule has 29 heavy (non-hydrogen) atoms. The Labute approximate surface area is 175 Å². The lowest BCUT2D eigenvalue weighted by atomic mass is 9.91. The van der Waals surface area contributed by atoms with Crippen LogP contribution in [-0.4, -0.2) is 10.9 Å². The third-order valence-electron chi connectivity index (χ3n) is 5.61. The first kappa shape index (κ1) is 19.8. The van der Waals surface area contributed by atoms with Crippen LogP contribution in [0.3, 0.4) is 0 Å². The molecule has 1 atom stereocenters. The Morgan fingerprint density at radius 2 is 1.62 bits per heavy atom. The largest absolute Gasteiger partial charge is 0.507 e. The fourth-order valence-electron chi connectivity index (χ4n) is 4.04. The van der Waals surface area contributed by atoms with Gasteiger partial charge >= 0.3 is 5.63 Å². The summed E-state index contributed by atoms with van der Waals surface area (Å²) < 4.78 is 5.64. The molecule has 1 aromatic heterocycles. The van der Waals surface area contributed by atoms with Crippen LogP contribution in [0.25, 0.3) is 11.3 Å². The Bertz CT molecular complexity index is 976. The van der Waals surface area contributed by atoms with Crippen molar-refractivity contribution >= 4 is 11.8 Å². The Morgan fingerprint density at radius 1 is 0.966 bits per heavy atom. The van der Waals surface area contributed by atoms with Gasteiger partial charge in [0.1, 0.15) is 11.5 Å². The molecule has 1 saturated carbocycles. The summed E-state index contributed by atoms with van der Waals surface area (Å²) in [7, 11) is 0. The summed E-state index contributed by atoms with van der Waals surface area (Å²) in [5.74, 6) is 2.06. The van der Waals surface area contributed by atoms with Gasteiger partial charge in [0.05, 0.1) is 10.8 Å². The summed E-state index contributed by atoms with van der Waals surface area (Å²) in [6.07, 6.45) is 6.42. The molecule has 0 radical (unpaired) electrons. The van der Waals surface area contributed by atoms with E-state index in [1.165, 1.54) is 32.1 Å². The smallest absolute Gasteiger partial charge is 0.344 e. The van der Waals surface area contributed by atoms with Crippen molar-refractivity contribution in [3.63, 3.8) is 0 Å². The average Bonchev–Trinajstić information content (AvgIpc) is 2.77. The molecule has 0 aliphatic heterocycles. The molecule has 1 aliphatic carbocycles. The minimum Gasteiger partial charge on any atom is -0.507 e. The average molecular weight is 407 g/mol. The molecule has 0 spiro atoms. The Balaban J connectivity index is 1.67. The van der Waals surface area contributed by atoms with E-state index >= 15 is 0 Å². The molecule has 1 N–H and O–H groups in total. The third kappa shape index (κ3) is 4.76. The van der Waals surface area contributed by atoms with Crippen molar-refractivity contribution in [3.05, 3.63) is 88.3 Å². The van der Waals surface area contributed by atoms with Gasteiger partial charge in [-0.2, -0.15) is 0 Å². The van der Waals surface area contributed by atoms with Crippen LogP contribution in [0.2, 0.25) is 0 Å². The highest BCUT2D eigenvalue weighted by Crippen LogP contribution is 2.41. The molecule has 1 heterocycles. The number of hydrogen-bond donors (Lipinski definition) is 1. The second-order valence-electron chi connectivity index (χ2n) is 7.69. The van der Waals surface area contributed by atoms with Crippen LogP contribution >= 0.6 is 11.8 Å². The van der Waals surface area contributed by atoms with Gasteiger partial charge in [0.2, 0.25) is 0 Å². The van der Waals surface area contributed by atoms with Crippen molar-refractivity contribution in [1.82, 2.24) is 0 Å². The van der Waals surface area contributed by atoms with E-state index in [4.69, 9.17) is 4.42 Å². The lowest BCUT2D eigenvalue weighted by Crippen LogP contribution is -2.15. The lowest BCUT2D eigenvalue weighted by Gasteiger charge is -2.24. The molecular weight excluding hydrogens is 380 g/mol. The Hall–Kier alpha value is -2.46. The fraction of sp³-hybridized carbons (Fsp3) is 0.320. The first-order chi connectivity index (χ1) is 14.2. The minimum atomic E-state index is -0.464. The van der Waals surface area contributed by atoms with Gasteiger partial charge in [-0.3, -0.25) is 0 Å². The molecule has 0 bridgehead atoms. The van der Waals surface area contributed by atoms with Crippen LogP contribution in [-0.2, 0) is 0 Å². The van der Waals surface area contributed by atoms with Crippen molar-refractivity contribution < 1.29 is 9.52 Å². The van der Waals surface area contributed by atoms with Crippen molar-refractivity contribution in [3.8, 4) is 17.1 Å². The van der Waals surface area contributed by atoms with Gasteiger partial charge in [-0.25, -0.2) is 4.79 Å². The van der Waals surface area contributed by atoms with E-state index in [1.807, 2.05) is 60.7 Å². The maximum Gasteiger partial charge on any atom is 0.344 e. The number of hydrogen-bond acceptors (Lipinski definition) is 4. The van der Waals surface area contributed by atoms with Gasteiger partial charge < -0.3 is 9.52 Å². The molecule has 0 saturated heterocycles. The van der Waals surface area contributed by atoms with Crippen LogP contribution in [0, 0.1) is 5.92 Å². The highest BCUT2D eigenvalue weighted by atomic mass is 32.2. The maximum atomic E-state index is 13.0. The summed E-state index contributed by atoms with van der Waals surface area (Å²) in [6.45, 7) is 0. The van der Waals surface area contributed by atoms with Gasteiger partial charge in [0.15, 0.2) is 0 Å². The fourth-order valence-corrected chi connectivity index (χ4v) is 5.57. The predicted molar refractivity (Wildman–Crippen MR) is 119 cm³/mol. The molecule has 1 fully saturated rings. The molecule has 0 amide bonds. The summed E-state index contributed by atoms with van der Waals surface area (Å²) in [5, 5.41) is 10.6. The van der Waals surface area contributed by atoms with Gasteiger partial charge in [0.25, 0.3) is 0 Å². The van der Waals surface area contributed by atoms with Crippen LogP contribution in [0.15, 0.2) is 75.9 Å². The number of benzene rings is 2. The zero-order valence-corrected chi connectivity index (χ0v) is 17.2. The minimum absolute atomic E-state index is 0.00472. The molecule has 3 aromatic rings. The maximum absolute atomic E-state index is 13.0. The SMILES string of the molecule is O=c1oc(-c2ccccc2)cc(O)c1C(SCC1CCCCC1)c1ccccc1. The van der Waals surface area contributed by atoms with E-state index in [-0.39, 0.29) is 11.0 Å². The van der Waals surface area contributed by atoms with E-state index < -0.39 is 5.63 Å². The first-order valence-electron chi connectivity index (χ1n) is 10.3. The van der Waals surface area contributed by atoms with Crippen molar-refractivity contribution in [2.24, 2.45) is 5.92 Å². The van der Waals surface area contributed by atoms with E-state index in [9.17, 15) is 9.90 Å². The van der Waals surface area contributed by atoms with E-state index in [2.05, 4.69) is 0 Å². The molecule has 4 heteroatoms. The molecule has 1 aliphatic rings. The van der Waals surface area contributed by atoms with Crippen molar-refractivity contribution in [2.75, 3.05) is 5.75 Å². The summed E-state index contributed by atoms with van der Waals surface area (Å²) >= 11 is 1.74. The van der Waals surface area contributed by atoms with E-state index in [0.717, 1.165) is 16.9 Å². The first-order valence-corrected chi connectivity index (χ1v) is 11.4. The highest BCUT2D eigenvalue weighted by Gasteiger charge is 2.26. The Kier molecular flexibility index (Phi) is 6.40. The van der Waals surface area contributed by atoms with Gasteiger partial charge in [-0.15, -0.1) is 11.8 Å². The Morgan fingerprint density at radius 3 is 2.28 bits per heavy atom. The van der Waals surface area contributed by atoms with Gasteiger partial charge in [0, 0.05) is 11.6 Å². The topological polar surface area (TPSA) is 50.4 Å². The second-order valence-corrected chi connectivity index (χ2v) is 8.83. The summed E-state index contributed by atoms with van der Waals surface area (Å²) in [6, 6.07) is 20.9. The normalized spacial score (nSPS) is 15.9. The van der Waals surface area contributed by atoms with E-state index in [0.29, 0.717) is 17.2 Å². The molecule has 1 unspecified atom stereocenters. The molecule has 3 nitrogen and oxygen atoms in total. The zero-order valence-electron chi connectivity index (χ0n) is 16.4. The monoisotopic (exact) mass is 406 g/mol. The van der Waals surface area contributed by atoms with Gasteiger partial charge in [-0.1, -0.05) is 79.9 Å². The van der Waals surface area contributed by atoms with Gasteiger partial charge in [-0.05, 0) is 30.1 Å². The standard InChI is InChI=1S/C25H26O3S/c26-21-16-22(19-12-6-2-7-13-19)28-25(27)23(21)24(20-14-8-3-9-15-20)29-17-18-10-4-1-5-11-18/h2-3,6-9,12-16,18,24,26H,1,4-5,10-11,17H2. The lowest BCUT2D eigenvalue weighted by molar-refractivity contribution is 0.390. The predicted octanol–water partition coefficient (Wildman–Crippen LogP) is 6.42. The van der Waals surface area contributed by atoms with Crippen molar-refractivity contribution in [1.29, 1.82) is 0 Å². The number of aromatic hydroxyl groups is 1. The molecular formula is C25H26O3S. The third-order valence-corrected chi connectivity index (χ3v) is 7.12. The molecule has 4 rings (SSSR count). The summed E-state index contributed by atoms with van der Waals surface area (Å²) in [5.41, 5.74) is 1.67. The zero-order chi connectivity index (χ0) is 20.1. The summed E-state index contributed by atoms with van der Waals surface area (Å²) in [4.78, 5) is 13.0. The number of thioether (sulfide) groups is 1. The van der Waals surface area contributed by atoms with Crippen LogP contribution in [0.5, 0.6) is 5.75 Å². The van der Waals surface area contributed by atoms with E-state index in [1.54, 1.807) is 17.8 Å². The van der Waals surface area contributed by atoms with Crippen LogP contribution < -0.4 is 5.63 Å². The van der Waals surface area contributed by atoms with Crippen LogP contribution in [0.4, 0.5) is 0 Å². The van der Waals surface area contributed by atoms with Crippen LogP contribution in [0.1, 0.15) is 48.5 Å². The van der Waals surface area contributed by atoms with Crippen molar-refractivity contribution in [2.45, 2.75) is 37.4 Å². The molecule has 150 valence electrons. The highest BCUT2D eigenvalue weighted by molar-refractivity contribution is 7.99.